The molecular formula is C21H31N5O. The monoisotopic (exact) mass is 369 g/mol. The number of ketones is 1. The fourth-order valence-electron chi connectivity index (χ4n) is 2.93. The van der Waals surface area contributed by atoms with Crippen molar-refractivity contribution in [1.29, 1.82) is 0 Å². The van der Waals surface area contributed by atoms with Crippen molar-refractivity contribution < 1.29 is 4.79 Å². The summed E-state index contributed by atoms with van der Waals surface area (Å²) in [5.41, 5.74) is 6.57. The number of hydrogen-bond donors (Lipinski definition) is 1. The normalized spacial score (nSPS) is 10.7. The average Bonchev–Trinajstić information content (AvgIpc) is 2.67. The fourth-order valence-corrected chi connectivity index (χ4v) is 2.93. The van der Waals surface area contributed by atoms with Gasteiger partial charge < -0.3 is 10.6 Å². The summed E-state index contributed by atoms with van der Waals surface area (Å²) in [6.45, 7) is 6.17. The molecule has 0 saturated carbocycles. The minimum atomic E-state index is -0.0179. The largest absolute Gasteiger partial charge is 0.368 e. The molecule has 0 unspecified atom stereocenters. The van der Waals surface area contributed by atoms with Crippen LogP contribution in [0, 0.1) is 0 Å². The number of nitrogens with two attached hydrogens (primary N) is 1. The Morgan fingerprint density at radius 2 is 1.56 bits per heavy atom. The highest BCUT2D eigenvalue weighted by atomic mass is 16.1. The molecule has 1 aromatic carbocycles. The predicted molar refractivity (Wildman–Crippen MR) is 110 cm³/mol. The standard InChI is InChI=1S/C21H31N5O/c1-3-5-10-14-26(15-11-6-4-2)21-24-19(23-20(22)25-21)16-18(27)17-12-8-7-9-13-17/h7-9,12-13H,3-6,10-11,14-16H2,1-2H3,(H2,22,23,24,25). The van der Waals surface area contributed by atoms with Crippen LogP contribution in [0.2, 0.25) is 0 Å². The maximum atomic E-state index is 12.5. The first-order chi connectivity index (χ1) is 13.1. The lowest BCUT2D eigenvalue weighted by Gasteiger charge is -2.23. The Labute approximate surface area is 162 Å². The number of Topliss-reactive ketones (excluding diaryl/α,β-unsaturated/α-hetero) is 1. The van der Waals surface area contributed by atoms with Crippen molar-refractivity contribution in [3.63, 3.8) is 0 Å². The maximum absolute atomic E-state index is 12.5. The first kappa shape index (κ1) is 20.8. The zero-order valence-corrected chi connectivity index (χ0v) is 16.5. The van der Waals surface area contributed by atoms with Gasteiger partial charge in [-0.3, -0.25) is 4.79 Å². The maximum Gasteiger partial charge on any atom is 0.230 e. The topological polar surface area (TPSA) is 85.0 Å². The number of carbonyl (C=O) groups is 1. The van der Waals surface area contributed by atoms with Gasteiger partial charge in [-0.1, -0.05) is 69.9 Å². The molecule has 0 amide bonds. The van der Waals surface area contributed by atoms with E-state index in [0.717, 1.165) is 25.9 Å². The van der Waals surface area contributed by atoms with Crippen molar-refractivity contribution in [1.82, 2.24) is 15.0 Å². The molecule has 0 aliphatic carbocycles. The van der Waals surface area contributed by atoms with Crippen LogP contribution in [0.1, 0.15) is 68.6 Å². The number of unbranched alkanes of at least 4 members (excludes halogenated alkanes) is 4. The van der Waals surface area contributed by atoms with Crippen LogP contribution in [0.5, 0.6) is 0 Å². The summed E-state index contributed by atoms with van der Waals surface area (Å²) in [5, 5.41) is 0. The van der Waals surface area contributed by atoms with Crippen molar-refractivity contribution in [3.8, 4) is 0 Å². The molecule has 27 heavy (non-hydrogen) atoms. The van der Waals surface area contributed by atoms with E-state index >= 15 is 0 Å². The number of aromatic nitrogens is 3. The van der Waals surface area contributed by atoms with Crippen LogP contribution in [0.25, 0.3) is 0 Å². The number of hydrogen-bond acceptors (Lipinski definition) is 6. The molecular weight excluding hydrogens is 338 g/mol. The third-order valence-electron chi connectivity index (χ3n) is 4.45. The molecule has 2 N–H and O–H groups in total. The summed E-state index contributed by atoms with van der Waals surface area (Å²) in [6, 6.07) is 9.19. The van der Waals surface area contributed by atoms with Gasteiger partial charge in [-0.05, 0) is 12.8 Å². The summed E-state index contributed by atoms with van der Waals surface area (Å²) < 4.78 is 0. The molecule has 2 aromatic rings. The van der Waals surface area contributed by atoms with Gasteiger partial charge in [-0.15, -0.1) is 0 Å². The third-order valence-corrected chi connectivity index (χ3v) is 4.45. The predicted octanol–water partition coefficient (Wildman–Crippen LogP) is 4.07. The molecule has 0 saturated heterocycles. The quantitative estimate of drug-likeness (QED) is 0.448. The Morgan fingerprint density at radius 3 is 2.15 bits per heavy atom. The highest BCUT2D eigenvalue weighted by Crippen LogP contribution is 2.14. The van der Waals surface area contributed by atoms with E-state index in [-0.39, 0.29) is 18.2 Å². The van der Waals surface area contributed by atoms with Gasteiger partial charge in [0.15, 0.2) is 5.78 Å². The van der Waals surface area contributed by atoms with Gasteiger partial charge in [0.05, 0.1) is 6.42 Å². The average molecular weight is 370 g/mol. The van der Waals surface area contributed by atoms with Gasteiger partial charge in [0.25, 0.3) is 0 Å². The molecule has 146 valence electrons. The zero-order valence-electron chi connectivity index (χ0n) is 16.5. The molecule has 0 aliphatic heterocycles. The Morgan fingerprint density at radius 1 is 0.926 bits per heavy atom. The van der Waals surface area contributed by atoms with E-state index in [2.05, 4.69) is 33.7 Å². The summed E-state index contributed by atoms with van der Waals surface area (Å²) >= 11 is 0. The van der Waals surface area contributed by atoms with E-state index in [1.165, 1.54) is 25.7 Å². The Hall–Kier alpha value is -2.50. The summed E-state index contributed by atoms with van der Waals surface area (Å²) in [6.07, 6.45) is 6.98. The molecule has 0 spiro atoms. The van der Waals surface area contributed by atoms with E-state index in [4.69, 9.17) is 5.73 Å². The minimum absolute atomic E-state index is 0.0179. The zero-order chi connectivity index (χ0) is 19.5. The van der Waals surface area contributed by atoms with Gasteiger partial charge in [-0.25, -0.2) is 0 Å². The molecule has 0 aliphatic rings. The van der Waals surface area contributed by atoms with Crippen molar-refractivity contribution in [3.05, 3.63) is 41.7 Å². The van der Waals surface area contributed by atoms with Crippen LogP contribution < -0.4 is 10.6 Å². The van der Waals surface area contributed by atoms with Crippen LogP contribution >= 0.6 is 0 Å². The first-order valence-corrected chi connectivity index (χ1v) is 9.97. The number of anilines is 2. The van der Waals surface area contributed by atoms with Crippen LogP contribution in [0.4, 0.5) is 11.9 Å². The second-order valence-electron chi connectivity index (χ2n) is 6.78. The van der Waals surface area contributed by atoms with Crippen LogP contribution in [-0.2, 0) is 6.42 Å². The molecule has 0 bridgehead atoms. The summed E-state index contributed by atoms with van der Waals surface area (Å²) in [7, 11) is 0. The lowest BCUT2D eigenvalue weighted by atomic mass is 10.1. The summed E-state index contributed by atoms with van der Waals surface area (Å²) in [5.74, 6) is 1.18. The van der Waals surface area contributed by atoms with Crippen LogP contribution in [0.3, 0.4) is 0 Å². The summed E-state index contributed by atoms with van der Waals surface area (Å²) in [4.78, 5) is 27.7. The molecule has 1 aromatic heterocycles. The minimum Gasteiger partial charge on any atom is -0.368 e. The van der Waals surface area contributed by atoms with Crippen molar-refractivity contribution >= 4 is 17.7 Å². The van der Waals surface area contributed by atoms with E-state index < -0.39 is 0 Å². The second-order valence-corrected chi connectivity index (χ2v) is 6.78. The number of carbonyl (C=O) groups excluding carboxylic acids is 1. The van der Waals surface area contributed by atoms with Gasteiger partial charge >= 0.3 is 0 Å². The first-order valence-electron chi connectivity index (χ1n) is 9.97. The number of benzene rings is 1. The van der Waals surface area contributed by atoms with Crippen molar-refractivity contribution in [2.75, 3.05) is 23.7 Å². The molecule has 0 fully saturated rings. The van der Waals surface area contributed by atoms with E-state index in [0.29, 0.717) is 17.3 Å². The van der Waals surface area contributed by atoms with Gasteiger partial charge in [0.2, 0.25) is 11.9 Å². The molecule has 1 heterocycles. The second kappa shape index (κ2) is 11.3. The highest BCUT2D eigenvalue weighted by molar-refractivity contribution is 5.97. The molecule has 0 atom stereocenters. The molecule has 2 rings (SSSR count). The van der Waals surface area contributed by atoms with Crippen LogP contribution in [-0.4, -0.2) is 33.8 Å². The van der Waals surface area contributed by atoms with E-state index in [9.17, 15) is 4.79 Å². The van der Waals surface area contributed by atoms with E-state index in [1.807, 2.05) is 18.2 Å². The Bertz CT molecular complexity index is 695. The lowest BCUT2D eigenvalue weighted by molar-refractivity contribution is 0.0991. The highest BCUT2D eigenvalue weighted by Gasteiger charge is 2.15. The Kier molecular flexibility index (Phi) is 8.68. The SMILES string of the molecule is CCCCCN(CCCCC)c1nc(N)nc(CC(=O)c2ccccc2)n1. The number of nitrogens with zero attached hydrogens (tertiary/aromatic N) is 4. The van der Waals surface area contributed by atoms with Crippen molar-refractivity contribution in [2.24, 2.45) is 0 Å². The smallest absolute Gasteiger partial charge is 0.230 e. The van der Waals surface area contributed by atoms with E-state index in [1.54, 1.807) is 12.1 Å². The fraction of sp³-hybridized carbons (Fsp3) is 0.524. The van der Waals surface area contributed by atoms with Gasteiger partial charge in [0, 0.05) is 18.7 Å². The molecule has 0 radical (unpaired) electrons. The Balaban J connectivity index is 2.14. The molecule has 6 nitrogen and oxygen atoms in total. The van der Waals surface area contributed by atoms with Crippen LogP contribution in [0.15, 0.2) is 30.3 Å². The lowest BCUT2D eigenvalue weighted by Crippen LogP contribution is -2.29. The molecule has 6 heteroatoms. The third kappa shape index (κ3) is 6.96. The van der Waals surface area contributed by atoms with Gasteiger partial charge in [-0.2, -0.15) is 15.0 Å². The number of nitrogen functional groups attached to an aromatic ring is 1. The van der Waals surface area contributed by atoms with Crippen molar-refractivity contribution in [2.45, 2.75) is 58.8 Å². The number of rotatable bonds is 12. The van der Waals surface area contributed by atoms with Gasteiger partial charge in [0.1, 0.15) is 5.82 Å².